The summed E-state index contributed by atoms with van der Waals surface area (Å²) in [6, 6.07) is 2.70. The van der Waals surface area contributed by atoms with Crippen molar-refractivity contribution in [1.29, 1.82) is 0 Å². The number of rotatable bonds is 8. The maximum atomic E-state index is 12.5. The van der Waals surface area contributed by atoms with Gasteiger partial charge < -0.3 is 15.4 Å². The lowest BCUT2D eigenvalue weighted by Crippen LogP contribution is -2.47. The summed E-state index contributed by atoms with van der Waals surface area (Å²) in [4.78, 5) is 47.1. The van der Waals surface area contributed by atoms with Crippen LogP contribution in [0.4, 0.5) is 5.69 Å². The monoisotopic (exact) mass is 411 g/mol. The van der Waals surface area contributed by atoms with Gasteiger partial charge in [0.2, 0.25) is 0 Å². The zero-order chi connectivity index (χ0) is 21.0. The quantitative estimate of drug-likeness (QED) is 0.383. The molecule has 0 saturated heterocycles. The van der Waals surface area contributed by atoms with E-state index in [1.165, 1.54) is 19.1 Å². The fraction of sp³-hybridized carbons (Fsp3) is 0.500. The highest BCUT2D eigenvalue weighted by Crippen LogP contribution is 2.25. The Labute approximate surface area is 166 Å². The number of esters is 1. The highest BCUT2D eigenvalue weighted by Gasteiger charge is 2.31. The molecule has 1 fully saturated rings. The first-order valence-electron chi connectivity index (χ1n) is 8.85. The second-order valence-corrected chi connectivity index (χ2v) is 7.39. The van der Waals surface area contributed by atoms with Crippen LogP contribution in [-0.2, 0) is 14.3 Å². The van der Waals surface area contributed by atoms with Crippen LogP contribution < -0.4 is 10.6 Å². The number of hydrogen-bond acceptors (Lipinski definition) is 6. The molecule has 2 amide bonds. The Morgan fingerprint density at radius 1 is 1.25 bits per heavy atom. The van der Waals surface area contributed by atoms with Crippen molar-refractivity contribution >= 4 is 35.1 Å². The van der Waals surface area contributed by atoms with E-state index >= 15 is 0 Å². The predicted molar refractivity (Wildman–Crippen MR) is 101 cm³/mol. The van der Waals surface area contributed by atoms with Gasteiger partial charge in [-0.1, -0.05) is 25.4 Å². The molecule has 2 atom stereocenters. The van der Waals surface area contributed by atoms with E-state index in [-0.39, 0.29) is 22.5 Å². The Morgan fingerprint density at radius 2 is 1.89 bits per heavy atom. The molecule has 2 unspecified atom stereocenters. The lowest BCUT2D eigenvalue weighted by Gasteiger charge is -2.23. The second kappa shape index (κ2) is 9.01. The van der Waals surface area contributed by atoms with Crippen LogP contribution in [0.3, 0.4) is 0 Å². The molecule has 0 spiro atoms. The van der Waals surface area contributed by atoms with E-state index in [0.29, 0.717) is 0 Å². The molecule has 28 heavy (non-hydrogen) atoms. The van der Waals surface area contributed by atoms with Gasteiger partial charge in [0.25, 0.3) is 17.5 Å². The number of amides is 2. The number of nitrogens with zero attached hydrogens (tertiary/aromatic N) is 1. The first-order valence-corrected chi connectivity index (χ1v) is 9.23. The lowest BCUT2D eigenvalue weighted by atomic mass is 10.0. The summed E-state index contributed by atoms with van der Waals surface area (Å²) in [7, 11) is 0. The Hall–Kier alpha value is -2.68. The summed E-state index contributed by atoms with van der Waals surface area (Å²) in [5.41, 5.74) is -0.433. The molecular weight excluding hydrogens is 390 g/mol. The zero-order valence-corrected chi connectivity index (χ0v) is 16.5. The Kier molecular flexibility index (Phi) is 6.95. The van der Waals surface area contributed by atoms with Gasteiger partial charge in [-0.3, -0.25) is 19.7 Å². The van der Waals surface area contributed by atoms with Gasteiger partial charge in [0.05, 0.1) is 4.92 Å². The summed E-state index contributed by atoms with van der Waals surface area (Å²) in [6.07, 6.45) is 0.817. The summed E-state index contributed by atoms with van der Waals surface area (Å²) in [5, 5.41) is 16.1. The van der Waals surface area contributed by atoms with Crippen molar-refractivity contribution in [1.82, 2.24) is 10.6 Å². The molecule has 1 aromatic rings. The van der Waals surface area contributed by atoms with Crippen LogP contribution in [-0.4, -0.2) is 40.9 Å². The SMILES string of the molecule is CC(OC(=O)C(NC(=O)c1ccc(Cl)c([N+](=O)[O-])c1)C(C)C)C(=O)NC1CC1. The first-order chi connectivity index (χ1) is 13.1. The highest BCUT2D eigenvalue weighted by atomic mass is 35.5. The molecule has 152 valence electrons. The van der Waals surface area contributed by atoms with E-state index < -0.39 is 40.5 Å². The van der Waals surface area contributed by atoms with E-state index in [2.05, 4.69) is 10.6 Å². The van der Waals surface area contributed by atoms with Crippen LogP contribution in [0.25, 0.3) is 0 Å². The number of nitro benzene ring substituents is 1. The fourth-order valence-corrected chi connectivity index (χ4v) is 2.55. The van der Waals surface area contributed by atoms with Crippen molar-refractivity contribution in [3.63, 3.8) is 0 Å². The van der Waals surface area contributed by atoms with Crippen LogP contribution in [0.5, 0.6) is 0 Å². The minimum absolute atomic E-state index is 0.0194. The van der Waals surface area contributed by atoms with Crippen molar-refractivity contribution in [2.24, 2.45) is 5.92 Å². The molecular formula is C18H22ClN3O6. The van der Waals surface area contributed by atoms with Gasteiger partial charge in [-0.25, -0.2) is 4.79 Å². The third-order valence-corrected chi connectivity index (χ3v) is 4.52. The highest BCUT2D eigenvalue weighted by molar-refractivity contribution is 6.32. The topological polar surface area (TPSA) is 128 Å². The average Bonchev–Trinajstić information content (AvgIpc) is 3.42. The van der Waals surface area contributed by atoms with Gasteiger partial charge in [0.1, 0.15) is 11.1 Å². The standard InChI is InChI=1S/C18H22ClN3O6/c1-9(2)15(18(25)28-10(3)16(23)20-12-5-6-12)21-17(24)11-4-7-13(19)14(8-11)22(26)27/h4,7-10,12,15H,5-6H2,1-3H3,(H,20,23)(H,21,24). The van der Waals surface area contributed by atoms with Gasteiger partial charge in [-0.05, 0) is 37.8 Å². The van der Waals surface area contributed by atoms with Crippen molar-refractivity contribution in [3.05, 3.63) is 38.9 Å². The number of halogens is 1. The maximum absolute atomic E-state index is 12.5. The third kappa shape index (κ3) is 5.66. The molecule has 1 saturated carbocycles. The first kappa shape index (κ1) is 21.6. The molecule has 0 aromatic heterocycles. The van der Waals surface area contributed by atoms with E-state index in [0.717, 1.165) is 18.9 Å². The molecule has 10 heteroatoms. The number of benzene rings is 1. The number of carbonyl (C=O) groups is 3. The number of carbonyl (C=O) groups excluding carboxylic acids is 3. The van der Waals surface area contributed by atoms with Crippen LogP contribution in [0.15, 0.2) is 18.2 Å². The van der Waals surface area contributed by atoms with Gasteiger partial charge in [0.15, 0.2) is 6.10 Å². The molecule has 2 N–H and O–H groups in total. The van der Waals surface area contributed by atoms with Crippen molar-refractivity contribution < 1.29 is 24.0 Å². The Morgan fingerprint density at radius 3 is 2.43 bits per heavy atom. The van der Waals surface area contributed by atoms with Crippen molar-refractivity contribution in [2.75, 3.05) is 0 Å². The fourth-order valence-electron chi connectivity index (χ4n) is 2.36. The van der Waals surface area contributed by atoms with Crippen molar-refractivity contribution in [2.45, 2.75) is 51.8 Å². The lowest BCUT2D eigenvalue weighted by molar-refractivity contribution is -0.384. The minimum atomic E-state index is -1.03. The van der Waals surface area contributed by atoms with E-state index in [4.69, 9.17) is 16.3 Å². The van der Waals surface area contributed by atoms with Crippen LogP contribution in [0.2, 0.25) is 5.02 Å². The summed E-state index contributed by atoms with van der Waals surface area (Å²) >= 11 is 5.74. The third-order valence-electron chi connectivity index (χ3n) is 4.20. The summed E-state index contributed by atoms with van der Waals surface area (Å²) in [5.74, 6) is -2.17. The molecule has 1 aliphatic rings. The molecule has 0 radical (unpaired) electrons. The van der Waals surface area contributed by atoms with Crippen LogP contribution in [0, 0.1) is 16.0 Å². The Bertz CT molecular complexity index is 794. The normalized spacial score (nSPS) is 15.5. The van der Waals surface area contributed by atoms with E-state index in [1.54, 1.807) is 13.8 Å². The molecule has 0 aliphatic heterocycles. The summed E-state index contributed by atoms with van der Waals surface area (Å²) in [6.45, 7) is 4.86. The van der Waals surface area contributed by atoms with E-state index in [9.17, 15) is 24.5 Å². The van der Waals surface area contributed by atoms with Gasteiger partial charge in [0, 0.05) is 17.7 Å². The van der Waals surface area contributed by atoms with Gasteiger partial charge >= 0.3 is 5.97 Å². The molecule has 1 aliphatic carbocycles. The smallest absolute Gasteiger partial charge is 0.329 e. The van der Waals surface area contributed by atoms with Crippen molar-refractivity contribution in [3.8, 4) is 0 Å². The summed E-state index contributed by atoms with van der Waals surface area (Å²) < 4.78 is 5.19. The van der Waals surface area contributed by atoms with Gasteiger partial charge in [-0.15, -0.1) is 0 Å². The number of hydrogen-bond donors (Lipinski definition) is 2. The maximum Gasteiger partial charge on any atom is 0.329 e. The number of nitrogens with one attached hydrogen (secondary N) is 2. The van der Waals surface area contributed by atoms with E-state index in [1.807, 2.05) is 0 Å². The Balaban J connectivity index is 2.05. The van der Waals surface area contributed by atoms with Gasteiger partial charge in [-0.2, -0.15) is 0 Å². The molecule has 1 aromatic carbocycles. The van der Waals surface area contributed by atoms with Crippen LogP contribution >= 0.6 is 11.6 Å². The molecule has 9 nitrogen and oxygen atoms in total. The molecule has 2 rings (SSSR count). The van der Waals surface area contributed by atoms with Crippen LogP contribution in [0.1, 0.15) is 44.0 Å². The minimum Gasteiger partial charge on any atom is -0.451 e. The number of nitro groups is 1. The largest absolute Gasteiger partial charge is 0.451 e. The predicted octanol–water partition coefficient (Wildman–Crippen LogP) is 2.21. The molecule has 0 bridgehead atoms. The number of ether oxygens (including phenoxy) is 1. The molecule has 0 heterocycles. The zero-order valence-electron chi connectivity index (χ0n) is 15.7. The second-order valence-electron chi connectivity index (χ2n) is 6.98. The average molecular weight is 412 g/mol.